The van der Waals surface area contributed by atoms with Crippen molar-refractivity contribution in [2.45, 2.75) is 13.5 Å². The van der Waals surface area contributed by atoms with Crippen LogP contribution in [-0.2, 0) is 6.54 Å². The first-order chi connectivity index (χ1) is 5.36. The van der Waals surface area contributed by atoms with E-state index >= 15 is 0 Å². The molecule has 0 spiro atoms. The molecule has 0 aliphatic heterocycles. The molecule has 1 N–H and O–H groups in total. The fourth-order valence-corrected chi connectivity index (χ4v) is 1.41. The van der Waals surface area contributed by atoms with Crippen LogP contribution >= 0.6 is 11.3 Å². The van der Waals surface area contributed by atoms with E-state index in [4.69, 9.17) is 4.74 Å². The molecule has 0 aliphatic rings. The Bertz CT molecular complexity index is 212. The number of ether oxygens (including phenoxy) is 1. The van der Waals surface area contributed by atoms with Gasteiger partial charge in [0.2, 0.25) is 0 Å². The molecule has 0 saturated carbocycles. The van der Waals surface area contributed by atoms with Crippen LogP contribution in [0.1, 0.15) is 11.8 Å². The van der Waals surface area contributed by atoms with Gasteiger partial charge in [0.1, 0.15) is 0 Å². The summed E-state index contributed by atoms with van der Waals surface area (Å²) in [6.45, 7) is 3.95. The summed E-state index contributed by atoms with van der Waals surface area (Å²) in [5.74, 6) is 0. The van der Waals surface area contributed by atoms with Crippen molar-refractivity contribution < 1.29 is 4.74 Å². The number of thiazole rings is 1. The Labute approximate surface area is 70.4 Å². The maximum Gasteiger partial charge on any atom is 0.273 e. The van der Waals surface area contributed by atoms with Crippen molar-refractivity contribution in [2.24, 2.45) is 0 Å². The third kappa shape index (κ3) is 2.48. The van der Waals surface area contributed by atoms with E-state index < -0.39 is 0 Å². The van der Waals surface area contributed by atoms with Crippen LogP contribution in [-0.4, -0.2) is 18.6 Å². The molecule has 1 rings (SSSR count). The van der Waals surface area contributed by atoms with Crippen molar-refractivity contribution in [1.82, 2.24) is 10.3 Å². The molecule has 11 heavy (non-hydrogen) atoms. The van der Waals surface area contributed by atoms with Crippen LogP contribution in [0.4, 0.5) is 0 Å². The molecular formula is C7H12N2OS. The summed E-state index contributed by atoms with van der Waals surface area (Å²) in [5, 5.41) is 3.95. The molecule has 1 heterocycles. The average molecular weight is 172 g/mol. The second-order valence-electron chi connectivity index (χ2n) is 2.08. The summed E-state index contributed by atoms with van der Waals surface area (Å²) in [5.41, 5.74) is 0. The topological polar surface area (TPSA) is 34.2 Å². The van der Waals surface area contributed by atoms with Gasteiger partial charge in [-0.2, -0.15) is 0 Å². The van der Waals surface area contributed by atoms with E-state index in [1.807, 2.05) is 6.20 Å². The Morgan fingerprint density at radius 2 is 2.55 bits per heavy atom. The highest BCUT2D eigenvalue weighted by Crippen LogP contribution is 2.19. The zero-order valence-corrected chi connectivity index (χ0v) is 7.57. The van der Waals surface area contributed by atoms with E-state index in [0.717, 1.165) is 18.3 Å². The fraction of sp³-hybridized carbons (Fsp3) is 0.571. The molecule has 1 aromatic rings. The van der Waals surface area contributed by atoms with E-state index in [0.29, 0.717) is 0 Å². The first-order valence-corrected chi connectivity index (χ1v) is 4.38. The number of hydrogen-bond donors (Lipinski definition) is 1. The van der Waals surface area contributed by atoms with Crippen LogP contribution in [0.5, 0.6) is 5.19 Å². The van der Waals surface area contributed by atoms with Gasteiger partial charge in [0.05, 0.1) is 7.11 Å². The minimum Gasteiger partial charge on any atom is -0.473 e. The minimum absolute atomic E-state index is 0.734. The van der Waals surface area contributed by atoms with Gasteiger partial charge in [0.15, 0.2) is 0 Å². The molecule has 0 radical (unpaired) electrons. The summed E-state index contributed by atoms with van der Waals surface area (Å²) in [6.07, 6.45) is 1.84. The van der Waals surface area contributed by atoms with E-state index in [1.165, 1.54) is 4.88 Å². The van der Waals surface area contributed by atoms with E-state index in [-0.39, 0.29) is 0 Å². The zero-order chi connectivity index (χ0) is 8.10. The number of rotatable bonds is 4. The van der Waals surface area contributed by atoms with Gasteiger partial charge >= 0.3 is 0 Å². The van der Waals surface area contributed by atoms with Crippen molar-refractivity contribution in [3.63, 3.8) is 0 Å². The number of methoxy groups -OCH3 is 1. The number of nitrogens with one attached hydrogen (secondary N) is 1. The van der Waals surface area contributed by atoms with Crippen LogP contribution < -0.4 is 10.1 Å². The lowest BCUT2D eigenvalue weighted by Gasteiger charge is -1.94. The summed E-state index contributed by atoms with van der Waals surface area (Å²) in [7, 11) is 1.63. The summed E-state index contributed by atoms with van der Waals surface area (Å²) in [6, 6.07) is 0. The quantitative estimate of drug-likeness (QED) is 0.742. The van der Waals surface area contributed by atoms with Crippen LogP contribution in [0.25, 0.3) is 0 Å². The van der Waals surface area contributed by atoms with Gasteiger partial charge in [-0.05, 0) is 6.54 Å². The lowest BCUT2D eigenvalue weighted by molar-refractivity contribution is 0.412. The second-order valence-corrected chi connectivity index (χ2v) is 3.15. The molecular weight excluding hydrogens is 160 g/mol. The normalized spacial score (nSPS) is 10.0. The Hall–Kier alpha value is -0.610. The highest BCUT2D eigenvalue weighted by Gasteiger charge is 1.98. The molecule has 4 heteroatoms. The van der Waals surface area contributed by atoms with Crippen molar-refractivity contribution >= 4 is 11.3 Å². The van der Waals surface area contributed by atoms with Gasteiger partial charge in [-0.15, -0.1) is 0 Å². The van der Waals surface area contributed by atoms with Crippen LogP contribution in [0.3, 0.4) is 0 Å². The molecule has 62 valence electrons. The van der Waals surface area contributed by atoms with Gasteiger partial charge < -0.3 is 10.1 Å². The summed E-state index contributed by atoms with van der Waals surface area (Å²) >= 11 is 1.58. The van der Waals surface area contributed by atoms with Crippen molar-refractivity contribution in [3.05, 3.63) is 11.1 Å². The Morgan fingerprint density at radius 1 is 1.73 bits per heavy atom. The van der Waals surface area contributed by atoms with E-state index in [2.05, 4.69) is 17.2 Å². The Kier molecular flexibility index (Phi) is 3.32. The minimum atomic E-state index is 0.734. The first kappa shape index (κ1) is 8.49. The third-order valence-corrected chi connectivity index (χ3v) is 2.21. The number of nitrogens with zero attached hydrogens (tertiary/aromatic N) is 1. The van der Waals surface area contributed by atoms with Gasteiger partial charge in [0, 0.05) is 17.6 Å². The molecule has 0 saturated heterocycles. The van der Waals surface area contributed by atoms with Gasteiger partial charge in [-0.25, -0.2) is 4.98 Å². The zero-order valence-electron chi connectivity index (χ0n) is 6.76. The van der Waals surface area contributed by atoms with Crippen LogP contribution in [0.2, 0.25) is 0 Å². The van der Waals surface area contributed by atoms with Gasteiger partial charge in [-0.1, -0.05) is 18.3 Å². The van der Waals surface area contributed by atoms with E-state index in [9.17, 15) is 0 Å². The largest absolute Gasteiger partial charge is 0.473 e. The van der Waals surface area contributed by atoms with Gasteiger partial charge in [0.25, 0.3) is 5.19 Å². The highest BCUT2D eigenvalue weighted by molar-refractivity contribution is 7.13. The standard InChI is InChI=1S/C7H12N2OS/c1-3-8-4-6-5-9-7(10-2)11-6/h5,8H,3-4H2,1-2H3. The third-order valence-electron chi connectivity index (χ3n) is 1.26. The SMILES string of the molecule is CCNCc1cnc(OC)s1. The Morgan fingerprint density at radius 3 is 3.09 bits per heavy atom. The fourth-order valence-electron chi connectivity index (χ4n) is 0.714. The molecule has 0 amide bonds. The first-order valence-electron chi connectivity index (χ1n) is 3.56. The molecule has 1 aromatic heterocycles. The van der Waals surface area contributed by atoms with Crippen molar-refractivity contribution in [1.29, 1.82) is 0 Å². The molecule has 0 aromatic carbocycles. The molecule has 0 bridgehead atoms. The summed E-state index contributed by atoms with van der Waals surface area (Å²) in [4.78, 5) is 5.26. The smallest absolute Gasteiger partial charge is 0.273 e. The molecule has 3 nitrogen and oxygen atoms in total. The molecule has 0 unspecified atom stereocenters. The van der Waals surface area contributed by atoms with E-state index in [1.54, 1.807) is 18.4 Å². The predicted octanol–water partition coefficient (Wildman–Crippen LogP) is 1.26. The predicted molar refractivity (Wildman–Crippen MR) is 46.0 cm³/mol. The number of hydrogen-bond acceptors (Lipinski definition) is 4. The average Bonchev–Trinajstić information content (AvgIpc) is 2.48. The molecule has 0 fully saturated rings. The highest BCUT2D eigenvalue weighted by atomic mass is 32.1. The Balaban J connectivity index is 2.44. The van der Waals surface area contributed by atoms with Gasteiger partial charge in [-0.3, -0.25) is 0 Å². The maximum atomic E-state index is 4.95. The monoisotopic (exact) mass is 172 g/mol. The molecule has 0 atom stereocenters. The van der Waals surface area contributed by atoms with Crippen molar-refractivity contribution in [2.75, 3.05) is 13.7 Å². The van der Waals surface area contributed by atoms with Crippen LogP contribution in [0.15, 0.2) is 6.20 Å². The lowest BCUT2D eigenvalue weighted by Crippen LogP contribution is -2.10. The summed E-state index contributed by atoms with van der Waals surface area (Å²) < 4.78 is 4.95. The lowest BCUT2D eigenvalue weighted by atomic mass is 10.5. The second kappa shape index (κ2) is 4.31. The van der Waals surface area contributed by atoms with Crippen LogP contribution in [0, 0.1) is 0 Å². The molecule has 0 aliphatic carbocycles. The van der Waals surface area contributed by atoms with Crippen molar-refractivity contribution in [3.8, 4) is 5.19 Å². The number of aromatic nitrogens is 1. The maximum absolute atomic E-state index is 4.95.